The largest absolute Gasteiger partial charge is 0.507 e. The highest BCUT2D eigenvalue weighted by molar-refractivity contribution is 6.52. The van der Waals surface area contributed by atoms with E-state index >= 15 is 0 Å². The number of amides is 1. The summed E-state index contributed by atoms with van der Waals surface area (Å²) in [5.74, 6) is -1.67. The van der Waals surface area contributed by atoms with Crippen LogP contribution < -0.4 is 14.4 Å². The molecule has 8 nitrogen and oxygen atoms in total. The number of esters is 1. The van der Waals surface area contributed by atoms with Crippen LogP contribution in [0.15, 0.2) is 72.3 Å². The molecule has 1 unspecified atom stereocenters. The minimum atomic E-state index is -0.985. The molecule has 1 aliphatic rings. The first-order valence-corrected chi connectivity index (χ1v) is 11.7. The monoisotopic (exact) mass is 521 g/mol. The van der Waals surface area contributed by atoms with Gasteiger partial charge in [-0.15, -0.1) is 0 Å². The second-order valence-electron chi connectivity index (χ2n) is 8.06. The van der Waals surface area contributed by atoms with E-state index in [2.05, 4.69) is 0 Å². The van der Waals surface area contributed by atoms with Crippen LogP contribution in [0.1, 0.15) is 34.5 Å². The second kappa shape index (κ2) is 10.8. The Hall–Kier alpha value is -4.30. The van der Waals surface area contributed by atoms with Gasteiger partial charge >= 0.3 is 5.97 Å². The molecule has 1 amide bonds. The van der Waals surface area contributed by atoms with E-state index in [1.807, 2.05) is 6.92 Å². The molecule has 0 aromatic heterocycles. The van der Waals surface area contributed by atoms with Gasteiger partial charge in [0.1, 0.15) is 17.3 Å². The van der Waals surface area contributed by atoms with Crippen molar-refractivity contribution < 1.29 is 33.7 Å². The number of anilines is 1. The molecule has 0 spiro atoms. The molecule has 3 aromatic carbocycles. The van der Waals surface area contributed by atoms with Gasteiger partial charge in [0, 0.05) is 11.3 Å². The number of rotatable bonds is 7. The van der Waals surface area contributed by atoms with E-state index in [0.29, 0.717) is 29.4 Å². The summed E-state index contributed by atoms with van der Waals surface area (Å²) in [6.07, 6.45) is 0. The summed E-state index contributed by atoms with van der Waals surface area (Å²) in [5, 5.41) is 11.6. The smallest absolute Gasteiger partial charge is 0.337 e. The Bertz CT molecular complexity index is 1380. The van der Waals surface area contributed by atoms with Gasteiger partial charge in [0.2, 0.25) is 0 Å². The number of benzene rings is 3. The van der Waals surface area contributed by atoms with E-state index in [9.17, 15) is 19.5 Å². The fourth-order valence-electron chi connectivity index (χ4n) is 4.16. The Labute approximate surface area is 218 Å². The van der Waals surface area contributed by atoms with Crippen molar-refractivity contribution in [3.8, 4) is 11.5 Å². The van der Waals surface area contributed by atoms with Crippen molar-refractivity contribution in [1.29, 1.82) is 0 Å². The number of carbonyl (C=O) groups is 3. The summed E-state index contributed by atoms with van der Waals surface area (Å²) in [6.45, 7) is 2.20. The molecule has 1 aliphatic heterocycles. The van der Waals surface area contributed by atoms with Gasteiger partial charge < -0.3 is 19.3 Å². The highest BCUT2D eigenvalue weighted by Gasteiger charge is 2.47. The van der Waals surface area contributed by atoms with E-state index in [0.717, 1.165) is 0 Å². The summed E-state index contributed by atoms with van der Waals surface area (Å²) in [4.78, 5) is 39.9. The van der Waals surface area contributed by atoms with Gasteiger partial charge in [0.25, 0.3) is 11.7 Å². The van der Waals surface area contributed by atoms with Gasteiger partial charge in [0.15, 0.2) is 0 Å². The van der Waals surface area contributed by atoms with Crippen molar-refractivity contribution >= 4 is 40.7 Å². The third-order valence-corrected chi connectivity index (χ3v) is 6.28. The van der Waals surface area contributed by atoms with Gasteiger partial charge in [-0.3, -0.25) is 14.5 Å². The highest BCUT2D eigenvalue weighted by Crippen LogP contribution is 2.43. The molecular weight excluding hydrogens is 498 g/mol. The summed E-state index contributed by atoms with van der Waals surface area (Å²) >= 11 is 6.38. The van der Waals surface area contributed by atoms with Crippen LogP contribution in [0, 0.1) is 0 Å². The molecule has 0 bridgehead atoms. The van der Waals surface area contributed by atoms with E-state index in [4.69, 9.17) is 25.8 Å². The average Bonchev–Trinajstić information content (AvgIpc) is 3.19. The lowest BCUT2D eigenvalue weighted by molar-refractivity contribution is -0.132. The Morgan fingerprint density at radius 1 is 0.973 bits per heavy atom. The number of methoxy groups -OCH3 is 2. The first-order chi connectivity index (χ1) is 17.8. The van der Waals surface area contributed by atoms with Crippen molar-refractivity contribution in [2.24, 2.45) is 0 Å². The van der Waals surface area contributed by atoms with Crippen LogP contribution in [0.25, 0.3) is 5.76 Å². The molecule has 190 valence electrons. The third-order valence-electron chi connectivity index (χ3n) is 5.95. The Balaban J connectivity index is 1.91. The standard InChI is InChI=1S/C28H24ClNO7/c1-4-37-20-13-14-22(29)21(15-20)25(31)23-24(16-7-11-19(35-2)12-8-16)30(27(33)26(23)32)18-9-5-17(6-10-18)28(34)36-3/h5-15,24,31H,4H2,1-3H3/b25-23+. The number of aliphatic hydroxyl groups excluding tert-OH is 1. The Morgan fingerprint density at radius 2 is 1.62 bits per heavy atom. The van der Waals surface area contributed by atoms with Gasteiger partial charge in [-0.1, -0.05) is 23.7 Å². The highest BCUT2D eigenvalue weighted by atomic mass is 35.5. The van der Waals surface area contributed by atoms with Gasteiger partial charge in [-0.05, 0) is 67.1 Å². The fourth-order valence-corrected chi connectivity index (χ4v) is 4.37. The summed E-state index contributed by atoms with van der Waals surface area (Å²) < 4.78 is 15.5. The van der Waals surface area contributed by atoms with Gasteiger partial charge in [0.05, 0.1) is 43.0 Å². The molecular formula is C28H24ClNO7. The topological polar surface area (TPSA) is 102 Å². The molecule has 3 aromatic rings. The van der Waals surface area contributed by atoms with Crippen LogP contribution in [0.2, 0.25) is 5.02 Å². The second-order valence-corrected chi connectivity index (χ2v) is 8.46. The molecule has 4 rings (SSSR count). The summed E-state index contributed by atoms with van der Waals surface area (Å²) in [6, 6.07) is 16.6. The summed E-state index contributed by atoms with van der Waals surface area (Å²) in [7, 11) is 2.79. The number of Topliss-reactive ketones (excluding diaryl/α,β-unsaturated/α-hetero) is 1. The third kappa shape index (κ3) is 4.88. The zero-order chi connectivity index (χ0) is 26.7. The number of ether oxygens (including phenoxy) is 3. The van der Waals surface area contributed by atoms with E-state index < -0.39 is 29.5 Å². The number of halogens is 1. The molecule has 9 heteroatoms. The predicted molar refractivity (Wildman–Crippen MR) is 138 cm³/mol. The number of nitrogens with zero attached hydrogens (tertiary/aromatic N) is 1. The lowest BCUT2D eigenvalue weighted by atomic mass is 9.95. The molecule has 1 N–H and O–H groups in total. The SMILES string of the molecule is CCOc1ccc(Cl)c(/C(O)=C2\C(=O)C(=O)N(c3ccc(C(=O)OC)cc3)C2c2ccc(OC)cc2)c1. The fraction of sp³-hybridized carbons (Fsp3) is 0.179. The maximum atomic E-state index is 13.4. The van der Waals surface area contributed by atoms with Crippen LogP contribution in [-0.2, 0) is 14.3 Å². The molecule has 1 heterocycles. The number of ketones is 1. The van der Waals surface area contributed by atoms with E-state index in [-0.39, 0.29) is 21.7 Å². The van der Waals surface area contributed by atoms with Gasteiger partial charge in [-0.2, -0.15) is 0 Å². The van der Waals surface area contributed by atoms with Crippen molar-refractivity contribution in [3.63, 3.8) is 0 Å². The molecule has 1 saturated heterocycles. The van der Waals surface area contributed by atoms with E-state index in [1.165, 1.54) is 49.5 Å². The number of hydrogen-bond acceptors (Lipinski definition) is 7. The molecule has 1 fully saturated rings. The maximum Gasteiger partial charge on any atom is 0.337 e. The maximum absolute atomic E-state index is 13.4. The number of carbonyl (C=O) groups excluding carboxylic acids is 3. The number of hydrogen-bond donors (Lipinski definition) is 1. The minimum Gasteiger partial charge on any atom is -0.507 e. The predicted octanol–water partition coefficient (Wildman–Crippen LogP) is 5.16. The Kier molecular flexibility index (Phi) is 7.50. The normalized spacial score (nSPS) is 16.5. The lowest BCUT2D eigenvalue weighted by Gasteiger charge is -2.26. The van der Waals surface area contributed by atoms with Crippen LogP contribution in [0.3, 0.4) is 0 Å². The Morgan fingerprint density at radius 3 is 2.22 bits per heavy atom. The molecule has 0 saturated carbocycles. The first-order valence-electron chi connectivity index (χ1n) is 11.4. The molecule has 0 aliphatic carbocycles. The molecule has 37 heavy (non-hydrogen) atoms. The van der Waals surface area contributed by atoms with Crippen LogP contribution >= 0.6 is 11.6 Å². The van der Waals surface area contributed by atoms with Crippen LogP contribution in [0.4, 0.5) is 5.69 Å². The molecule has 0 radical (unpaired) electrons. The van der Waals surface area contributed by atoms with Crippen LogP contribution in [0.5, 0.6) is 11.5 Å². The minimum absolute atomic E-state index is 0.136. The van der Waals surface area contributed by atoms with Crippen molar-refractivity contribution in [1.82, 2.24) is 0 Å². The van der Waals surface area contributed by atoms with Crippen molar-refractivity contribution in [2.45, 2.75) is 13.0 Å². The quantitative estimate of drug-likeness (QED) is 0.198. The zero-order valence-electron chi connectivity index (χ0n) is 20.4. The zero-order valence-corrected chi connectivity index (χ0v) is 21.1. The first kappa shape index (κ1) is 25.8. The summed E-state index contributed by atoms with van der Waals surface area (Å²) in [5.41, 5.74) is 1.20. The van der Waals surface area contributed by atoms with Crippen molar-refractivity contribution in [2.75, 3.05) is 25.7 Å². The van der Waals surface area contributed by atoms with Gasteiger partial charge in [-0.25, -0.2) is 4.79 Å². The molecule has 1 atom stereocenters. The number of aliphatic hydroxyl groups is 1. The van der Waals surface area contributed by atoms with Crippen LogP contribution in [-0.4, -0.2) is 43.6 Å². The lowest BCUT2D eigenvalue weighted by Crippen LogP contribution is -2.29. The van der Waals surface area contributed by atoms with E-state index in [1.54, 1.807) is 36.4 Å². The average molecular weight is 522 g/mol. The van der Waals surface area contributed by atoms with Crippen molar-refractivity contribution in [3.05, 3.63) is 94.0 Å².